The van der Waals surface area contributed by atoms with Gasteiger partial charge in [0.15, 0.2) is 9.84 Å². The molecule has 0 aromatic heterocycles. The fourth-order valence-corrected chi connectivity index (χ4v) is 8.38. The normalized spacial score (nSPS) is 19.3. The van der Waals surface area contributed by atoms with Gasteiger partial charge in [0, 0.05) is 25.2 Å². The van der Waals surface area contributed by atoms with Gasteiger partial charge in [-0.2, -0.15) is 0 Å². The largest absolute Gasteiger partial charge is 0.495 e. The molecule has 2 heterocycles. The van der Waals surface area contributed by atoms with E-state index in [9.17, 15) is 17.6 Å². The first-order valence-corrected chi connectivity index (χ1v) is 16.1. The van der Waals surface area contributed by atoms with Crippen molar-refractivity contribution >= 4 is 33.0 Å². The molecule has 218 valence electrons. The smallest absolute Gasteiger partial charge is 0.255 e. The standard InChI is InChI=1S/C32H36ClFN2O4S/c1-3-26(11-7-10-22-8-5-4-6-9-22)41(38,39)27-15-17-31(40-2)30(19-27)36-24-13-14-25(36)21-35(20-24)32(37)28-16-12-23(34)18-29(28)33/h4-6,8-9,12,15-19,24-26H,3,7,10-11,13-14,20-21H2,1-2H3/t24-,25+,26-/m0/s1. The second-order valence-electron chi connectivity index (χ2n) is 10.9. The van der Waals surface area contributed by atoms with E-state index < -0.39 is 20.9 Å². The van der Waals surface area contributed by atoms with Crippen LogP contribution in [0.3, 0.4) is 0 Å². The van der Waals surface area contributed by atoms with Crippen LogP contribution in [0.1, 0.15) is 54.9 Å². The number of sulfone groups is 1. The Kier molecular flexibility index (Phi) is 8.90. The first-order valence-electron chi connectivity index (χ1n) is 14.2. The Morgan fingerprint density at radius 1 is 1.05 bits per heavy atom. The predicted octanol–water partition coefficient (Wildman–Crippen LogP) is 6.56. The molecule has 0 saturated carbocycles. The summed E-state index contributed by atoms with van der Waals surface area (Å²) in [6.45, 7) is 2.85. The maximum absolute atomic E-state index is 13.8. The quantitative estimate of drug-likeness (QED) is 0.265. The van der Waals surface area contributed by atoms with E-state index in [0.717, 1.165) is 37.4 Å². The summed E-state index contributed by atoms with van der Waals surface area (Å²) < 4.78 is 46.9. The van der Waals surface area contributed by atoms with Crippen LogP contribution in [0.15, 0.2) is 71.6 Å². The number of hydrogen-bond donors (Lipinski definition) is 0. The van der Waals surface area contributed by atoms with Crippen LogP contribution in [0.5, 0.6) is 5.75 Å². The monoisotopic (exact) mass is 598 g/mol. The first kappa shape index (κ1) is 29.4. The van der Waals surface area contributed by atoms with Gasteiger partial charge >= 0.3 is 0 Å². The number of benzene rings is 3. The highest BCUT2D eigenvalue weighted by Gasteiger charge is 2.43. The number of amides is 1. The van der Waals surface area contributed by atoms with Crippen LogP contribution in [-0.4, -0.2) is 56.8 Å². The van der Waals surface area contributed by atoms with Crippen LogP contribution in [-0.2, 0) is 16.3 Å². The lowest BCUT2D eigenvalue weighted by Crippen LogP contribution is -2.55. The molecule has 3 aromatic carbocycles. The molecule has 1 amide bonds. The van der Waals surface area contributed by atoms with Crippen LogP contribution >= 0.6 is 11.6 Å². The molecule has 2 aliphatic heterocycles. The van der Waals surface area contributed by atoms with E-state index in [2.05, 4.69) is 17.0 Å². The van der Waals surface area contributed by atoms with Gasteiger partial charge in [-0.05, 0) is 80.5 Å². The Labute approximate surface area is 247 Å². The van der Waals surface area contributed by atoms with Gasteiger partial charge in [-0.15, -0.1) is 0 Å². The molecule has 0 N–H and O–H groups in total. The zero-order valence-corrected chi connectivity index (χ0v) is 25.0. The summed E-state index contributed by atoms with van der Waals surface area (Å²) in [5.74, 6) is -0.102. The van der Waals surface area contributed by atoms with Gasteiger partial charge in [-0.3, -0.25) is 4.79 Å². The molecule has 0 aliphatic carbocycles. The summed E-state index contributed by atoms with van der Waals surface area (Å²) in [5.41, 5.74) is 2.23. The van der Waals surface area contributed by atoms with E-state index in [4.69, 9.17) is 16.3 Å². The van der Waals surface area contributed by atoms with Gasteiger partial charge in [-0.1, -0.05) is 48.9 Å². The van der Waals surface area contributed by atoms with Crippen molar-refractivity contribution in [2.75, 3.05) is 25.1 Å². The second-order valence-corrected chi connectivity index (χ2v) is 13.5. The van der Waals surface area contributed by atoms with Gasteiger partial charge in [-0.25, -0.2) is 12.8 Å². The summed E-state index contributed by atoms with van der Waals surface area (Å²) in [4.78, 5) is 17.6. The Bertz CT molecular complexity index is 1490. The van der Waals surface area contributed by atoms with Crippen molar-refractivity contribution < 1.29 is 22.3 Å². The topological polar surface area (TPSA) is 66.9 Å². The summed E-state index contributed by atoms with van der Waals surface area (Å²) in [7, 11) is -1.98. The lowest BCUT2D eigenvalue weighted by Gasteiger charge is -2.43. The summed E-state index contributed by atoms with van der Waals surface area (Å²) in [6.07, 6.45) is 4.49. The lowest BCUT2D eigenvalue weighted by atomic mass is 10.1. The zero-order chi connectivity index (χ0) is 29.1. The number of ether oxygens (including phenoxy) is 1. The molecule has 5 rings (SSSR count). The van der Waals surface area contributed by atoms with Crippen molar-refractivity contribution in [1.82, 2.24) is 4.90 Å². The first-order chi connectivity index (χ1) is 19.7. The van der Waals surface area contributed by atoms with Gasteiger partial charge in [0.25, 0.3) is 5.91 Å². The van der Waals surface area contributed by atoms with Gasteiger partial charge in [0.2, 0.25) is 0 Å². The number of hydrogen-bond acceptors (Lipinski definition) is 5. The number of nitrogens with zero attached hydrogens (tertiary/aromatic N) is 2. The minimum Gasteiger partial charge on any atom is -0.495 e. The Morgan fingerprint density at radius 2 is 1.76 bits per heavy atom. The van der Waals surface area contributed by atoms with Gasteiger partial charge in [0.05, 0.1) is 33.5 Å². The van der Waals surface area contributed by atoms with Crippen LogP contribution in [0.25, 0.3) is 0 Å². The maximum atomic E-state index is 13.8. The molecule has 0 spiro atoms. The van der Waals surface area contributed by atoms with E-state index in [-0.39, 0.29) is 28.6 Å². The molecule has 3 atom stereocenters. The van der Waals surface area contributed by atoms with Crippen molar-refractivity contribution in [3.05, 3.63) is 88.7 Å². The van der Waals surface area contributed by atoms with Crippen LogP contribution in [0, 0.1) is 5.82 Å². The molecular weight excluding hydrogens is 563 g/mol. The van der Waals surface area contributed by atoms with Crippen LogP contribution in [0.4, 0.5) is 10.1 Å². The van der Waals surface area contributed by atoms with Crippen molar-refractivity contribution in [2.45, 2.75) is 67.7 Å². The minimum absolute atomic E-state index is 0.00313. The lowest BCUT2D eigenvalue weighted by molar-refractivity contribution is 0.0718. The van der Waals surface area contributed by atoms with Gasteiger partial charge < -0.3 is 14.5 Å². The molecule has 2 bridgehead atoms. The highest BCUT2D eigenvalue weighted by Crippen LogP contribution is 2.42. The van der Waals surface area contributed by atoms with E-state index >= 15 is 0 Å². The number of piperazine rings is 1. The number of methoxy groups -OCH3 is 1. The summed E-state index contributed by atoms with van der Waals surface area (Å²) in [6, 6.07) is 19.1. The number of carbonyl (C=O) groups is 1. The molecule has 6 nitrogen and oxygen atoms in total. The molecule has 0 radical (unpaired) electrons. The van der Waals surface area contributed by atoms with Crippen LogP contribution < -0.4 is 9.64 Å². The zero-order valence-electron chi connectivity index (χ0n) is 23.4. The number of rotatable bonds is 10. The highest BCUT2D eigenvalue weighted by molar-refractivity contribution is 7.92. The Morgan fingerprint density at radius 3 is 2.39 bits per heavy atom. The number of likely N-dealkylation sites (tertiary alicyclic amines) is 1. The molecular formula is C32H36ClFN2O4S. The molecule has 0 unspecified atom stereocenters. The summed E-state index contributed by atoms with van der Waals surface area (Å²) in [5, 5.41) is -0.377. The average Bonchev–Trinajstić information content (AvgIpc) is 3.23. The van der Waals surface area contributed by atoms with E-state index in [1.54, 1.807) is 30.2 Å². The second kappa shape index (κ2) is 12.4. The molecule has 41 heavy (non-hydrogen) atoms. The van der Waals surface area contributed by atoms with Crippen molar-refractivity contribution in [1.29, 1.82) is 0 Å². The number of carbonyl (C=O) groups excluding carboxylic acids is 1. The number of anilines is 1. The van der Waals surface area contributed by atoms with E-state index in [0.29, 0.717) is 36.6 Å². The molecule has 2 saturated heterocycles. The Hall–Kier alpha value is -3.10. The third-order valence-electron chi connectivity index (χ3n) is 8.42. The highest BCUT2D eigenvalue weighted by atomic mass is 35.5. The number of halogens is 2. The van der Waals surface area contributed by atoms with Crippen molar-refractivity contribution in [3.8, 4) is 5.75 Å². The molecule has 9 heteroatoms. The third-order valence-corrected chi connectivity index (χ3v) is 11.1. The van der Waals surface area contributed by atoms with Crippen LogP contribution in [0.2, 0.25) is 5.02 Å². The summed E-state index contributed by atoms with van der Waals surface area (Å²) >= 11 is 6.19. The fraction of sp³-hybridized carbons (Fsp3) is 0.406. The molecule has 3 aromatic rings. The predicted molar refractivity (Wildman–Crippen MR) is 160 cm³/mol. The van der Waals surface area contributed by atoms with Crippen molar-refractivity contribution in [2.24, 2.45) is 0 Å². The SMILES string of the molecule is CC[C@@H](CCCc1ccccc1)S(=O)(=O)c1ccc(OC)c(N2[C@@H]3CC[C@H]2CN(C(=O)c2ccc(F)cc2Cl)C3)c1. The van der Waals surface area contributed by atoms with Crippen molar-refractivity contribution in [3.63, 3.8) is 0 Å². The average molecular weight is 599 g/mol. The van der Waals surface area contributed by atoms with E-state index in [1.165, 1.54) is 17.7 Å². The van der Waals surface area contributed by atoms with E-state index in [1.807, 2.05) is 25.1 Å². The minimum atomic E-state index is -3.57. The van der Waals surface area contributed by atoms with Gasteiger partial charge in [0.1, 0.15) is 11.6 Å². The fourth-order valence-electron chi connectivity index (χ4n) is 6.29. The number of fused-ring (bicyclic) bond motifs is 2. The molecule has 2 aliphatic rings. The number of aryl methyl sites for hydroxylation is 1. The Balaban J connectivity index is 1.35. The molecule has 2 fully saturated rings. The maximum Gasteiger partial charge on any atom is 0.255 e. The third kappa shape index (κ3) is 6.09.